The molecule has 0 saturated heterocycles. The monoisotopic (exact) mass is 279 g/mol. The van der Waals surface area contributed by atoms with Gasteiger partial charge in [0, 0.05) is 19.5 Å². The number of amides is 1. The molecule has 0 aromatic carbocycles. The van der Waals surface area contributed by atoms with Crippen molar-refractivity contribution < 1.29 is 4.79 Å². The van der Waals surface area contributed by atoms with Crippen molar-refractivity contribution in [2.45, 2.75) is 26.2 Å². The van der Waals surface area contributed by atoms with Gasteiger partial charge in [0.25, 0.3) is 0 Å². The molecule has 0 aliphatic carbocycles. The molecule has 2 nitrogen and oxygen atoms in total. The summed E-state index contributed by atoms with van der Waals surface area (Å²) in [6, 6.07) is 0. The van der Waals surface area contributed by atoms with Gasteiger partial charge in [-0.05, 0) is 39.0 Å². The summed E-state index contributed by atoms with van der Waals surface area (Å²) < 4.78 is 1.38. The molecular formula is C9H14INO. The highest BCUT2D eigenvalue weighted by Crippen LogP contribution is 2.17. The molecule has 68 valence electrons. The molecule has 3 heteroatoms. The molecular weight excluding hydrogens is 265 g/mol. The number of carbonyl (C=O) groups excluding carboxylic acids is 1. The molecule has 0 atom stereocenters. The molecule has 0 aromatic heterocycles. The van der Waals surface area contributed by atoms with E-state index >= 15 is 0 Å². The summed E-state index contributed by atoms with van der Waals surface area (Å²) in [5, 5.41) is 0. The lowest BCUT2D eigenvalue weighted by molar-refractivity contribution is -0.130. The highest BCUT2D eigenvalue weighted by molar-refractivity contribution is 14.1. The molecule has 1 heterocycles. The van der Waals surface area contributed by atoms with E-state index in [2.05, 4.69) is 28.7 Å². The molecule has 12 heavy (non-hydrogen) atoms. The highest BCUT2D eigenvalue weighted by atomic mass is 127. The van der Waals surface area contributed by atoms with Crippen molar-refractivity contribution in [2.24, 2.45) is 0 Å². The molecule has 1 amide bonds. The van der Waals surface area contributed by atoms with Crippen molar-refractivity contribution in [3.63, 3.8) is 0 Å². The van der Waals surface area contributed by atoms with Crippen molar-refractivity contribution >= 4 is 28.5 Å². The van der Waals surface area contributed by atoms with Gasteiger partial charge in [-0.15, -0.1) is 0 Å². The molecule has 0 N–H and O–H groups in total. The maximum atomic E-state index is 11.4. The average molecular weight is 279 g/mol. The molecule has 0 aromatic rings. The van der Waals surface area contributed by atoms with Crippen LogP contribution in [0.3, 0.4) is 0 Å². The van der Waals surface area contributed by atoms with Crippen LogP contribution >= 0.6 is 22.6 Å². The first-order valence-electron chi connectivity index (χ1n) is 4.36. The Hall–Kier alpha value is -0.0600. The third kappa shape index (κ3) is 2.77. The fourth-order valence-corrected chi connectivity index (χ4v) is 1.68. The number of hydrogen-bond donors (Lipinski definition) is 0. The molecule has 1 aliphatic rings. The Morgan fingerprint density at radius 1 is 1.75 bits per heavy atom. The first-order chi connectivity index (χ1) is 5.74. The highest BCUT2D eigenvalue weighted by Gasteiger charge is 2.14. The first-order valence-corrected chi connectivity index (χ1v) is 5.44. The van der Waals surface area contributed by atoms with Crippen molar-refractivity contribution in [2.75, 3.05) is 13.1 Å². The van der Waals surface area contributed by atoms with Crippen LogP contribution in [0.4, 0.5) is 0 Å². The zero-order valence-electron chi connectivity index (χ0n) is 7.35. The predicted molar refractivity (Wildman–Crippen MR) is 58.2 cm³/mol. The molecule has 0 radical (unpaired) electrons. The van der Waals surface area contributed by atoms with E-state index in [0.717, 1.165) is 25.9 Å². The van der Waals surface area contributed by atoms with Crippen molar-refractivity contribution in [1.82, 2.24) is 4.90 Å². The van der Waals surface area contributed by atoms with Crippen LogP contribution in [0.25, 0.3) is 0 Å². The van der Waals surface area contributed by atoms with E-state index in [-0.39, 0.29) is 0 Å². The van der Waals surface area contributed by atoms with Gasteiger partial charge < -0.3 is 4.90 Å². The second kappa shape index (κ2) is 4.84. The molecule has 1 rings (SSSR count). The van der Waals surface area contributed by atoms with Gasteiger partial charge in [-0.3, -0.25) is 4.79 Å². The number of carbonyl (C=O) groups is 1. The molecule has 0 spiro atoms. The Balaban J connectivity index is 2.40. The maximum absolute atomic E-state index is 11.4. The summed E-state index contributed by atoms with van der Waals surface area (Å²) in [6.07, 6.45) is 4.83. The lowest BCUT2D eigenvalue weighted by atomic mass is 10.2. The molecule has 0 unspecified atom stereocenters. The summed E-state index contributed by atoms with van der Waals surface area (Å²) in [5.74, 6) is 0.303. The van der Waals surface area contributed by atoms with Crippen LogP contribution in [-0.4, -0.2) is 23.9 Å². The standard InChI is InChI=1S/C9H14INO/c1-2-3-9(12)11-6-4-8(10)5-7-11/h4H,2-3,5-7H2,1H3. The lowest BCUT2D eigenvalue weighted by Crippen LogP contribution is -2.34. The van der Waals surface area contributed by atoms with Gasteiger partial charge in [0.05, 0.1) is 0 Å². The number of nitrogens with zero attached hydrogens (tertiary/aromatic N) is 1. The third-order valence-electron chi connectivity index (χ3n) is 1.97. The van der Waals surface area contributed by atoms with Crippen LogP contribution in [0, 0.1) is 0 Å². The van der Waals surface area contributed by atoms with Gasteiger partial charge in [0.1, 0.15) is 0 Å². The summed E-state index contributed by atoms with van der Waals surface area (Å²) in [6.45, 7) is 3.77. The Labute approximate surface area is 87.1 Å². The van der Waals surface area contributed by atoms with Crippen molar-refractivity contribution in [3.8, 4) is 0 Å². The summed E-state index contributed by atoms with van der Waals surface area (Å²) in [7, 11) is 0. The van der Waals surface area contributed by atoms with Gasteiger partial charge in [-0.2, -0.15) is 0 Å². The maximum Gasteiger partial charge on any atom is 0.222 e. The van der Waals surface area contributed by atoms with E-state index in [1.807, 2.05) is 11.8 Å². The van der Waals surface area contributed by atoms with E-state index in [4.69, 9.17) is 0 Å². The minimum absolute atomic E-state index is 0.303. The molecule has 0 saturated carbocycles. The van der Waals surface area contributed by atoms with Crippen LogP contribution in [0.2, 0.25) is 0 Å². The van der Waals surface area contributed by atoms with Gasteiger partial charge in [0.2, 0.25) is 5.91 Å². The predicted octanol–water partition coefficient (Wildman–Crippen LogP) is 2.34. The lowest BCUT2D eigenvalue weighted by Gasteiger charge is -2.24. The van der Waals surface area contributed by atoms with E-state index in [0.29, 0.717) is 12.3 Å². The first kappa shape index (κ1) is 10.0. The van der Waals surface area contributed by atoms with E-state index in [1.54, 1.807) is 0 Å². The van der Waals surface area contributed by atoms with Crippen LogP contribution in [0.1, 0.15) is 26.2 Å². The number of halogens is 1. The Morgan fingerprint density at radius 2 is 2.50 bits per heavy atom. The van der Waals surface area contributed by atoms with Gasteiger partial charge in [-0.1, -0.05) is 13.0 Å². The quantitative estimate of drug-likeness (QED) is 0.710. The normalized spacial score (nSPS) is 17.5. The topological polar surface area (TPSA) is 20.3 Å². The van der Waals surface area contributed by atoms with Gasteiger partial charge in [-0.25, -0.2) is 0 Å². The largest absolute Gasteiger partial charge is 0.339 e. The Morgan fingerprint density at radius 3 is 3.00 bits per heavy atom. The fraction of sp³-hybridized carbons (Fsp3) is 0.667. The fourth-order valence-electron chi connectivity index (χ4n) is 1.24. The van der Waals surface area contributed by atoms with Crippen LogP contribution in [0.15, 0.2) is 9.66 Å². The van der Waals surface area contributed by atoms with Gasteiger partial charge in [0.15, 0.2) is 0 Å². The molecule has 0 bridgehead atoms. The molecule has 0 fully saturated rings. The zero-order valence-corrected chi connectivity index (χ0v) is 9.50. The minimum atomic E-state index is 0.303. The average Bonchev–Trinajstić information content (AvgIpc) is 2.06. The van der Waals surface area contributed by atoms with Gasteiger partial charge >= 0.3 is 0 Å². The smallest absolute Gasteiger partial charge is 0.222 e. The molecule has 1 aliphatic heterocycles. The second-order valence-electron chi connectivity index (χ2n) is 2.99. The third-order valence-corrected chi connectivity index (χ3v) is 2.95. The SMILES string of the molecule is CCCC(=O)N1CC=C(I)CC1. The zero-order chi connectivity index (χ0) is 8.97. The van der Waals surface area contributed by atoms with E-state index in [1.165, 1.54) is 3.58 Å². The van der Waals surface area contributed by atoms with Crippen molar-refractivity contribution in [3.05, 3.63) is 9.66 Å². The summed E-state index contributed by atoms with van der Waals surface area (Å²) >= 11 is 2.33. The number of rotatable bonds is 2. The Kier molecular flexibility index (Phi) is 4.05. The van der Waals surface area contributed by atoms with E-state index in [9.17, 15) is 4.79 Å². The van der Waals surface area contributed by atoms with Crippen LogP contribution in [0.5, 0.6) is 0 Å². The van der Waals surface area contributed by atoms with Crippen molar-refractivity contribution in [1.29, 1.82) is 0 Å². The second-order valence-corrected chi connectivity index (χ2v) is 4.38. The summed E-state index contributed by atoms with van der Waals surface area (Å²) in [4.78, 5) is 13.3. The van der Waals surface area contributed by atoms with Crippen LogP contribution < -0.4 is 0 Å². The van der Waals surface area contributed by atoms with E-state index < -0.39 is 0 Å². The van der Waals surface area contributed by atoms with Crippen LogP contribution in [-0.2, 0) is 4.79 Å². The minimum Gasteiger partial charge on any atom is -0.339 e. The number of hydrogen-bond acceptors (Lipinski definition) is 1. The Bertz CT molecular complexity index is 201. The summed E-state index contributed by atoms with van der Waals surface area (Å²) in [5.41, 5.74) is 0.